The minimum Gasteiger partial charge on any atom is -0.484 e. The van der Waals surface area contributed by atoms with Gasteiger partial charge in [-0.05, 0) is 11.6 Å². The molecule has 4 nitrogen and oxygen atoms in total. The molecule has 27 heavy (non-hydrogen) atoms. The number of hydrogen-bond donors (Lipinski definition) is 0. The molecule has 1 aliphatic rings. The van der Waals surface area contributed by atoms with Crippen LogP contribution in [0, 0.1) is 17.2 Å². The number of allylic oxidation sites excluding steroid dienone is 1. The Hall–Kier alpha value is -3.32. The minimum atomic E-state index is -0.432. The van der Waals surface area contributed by atoms with Crippen LogP contribution in [0.15, 0.2) is 78.4 Å². The fourth-order valence-corrected chi connectivity index (χ4v) is 3.42. The third-order valence-corrected chi connectivity index (χ3v) is 4.79. The zero-order valence-electron chi connectivity index (χ0n) is 15.3. The predicted octanol–water partition coefficient (Wildman–Crippen LogP) is 4.47. The van der Waals surface area contributed by atoms with E-state index in [1.165, 1.54) is 13.2 Å². The SMILES string of the molecule is COC(=O)/C=C/C1OC(c2ccccc2)=C(C#N)C(c2ccccc2)C1C. The van der Waals surface area contributed by atoms with Crippen LogP contribution in [-0.2, 0) is 14.3 Å². The third kappa shape index (κ3) is 3.93. The molecule has 1 aliphatic heterocycles. The lowest BCUT2D eigenvalue weighted by atomic mass is 9.76. The van der Waals surface area contributed by atoms with Crippen LogP contribution >= 0.6 is 0 Å². The Morgan fingerprint density at radius 2 is 1.74 bits per heavy atom. The van der Waals surface area contributed by atoms with Gasteiger partial charge in [-0.3, -0.25) is 0 Å². The van der Waals surface area contributed by atoms with Crippen molar-refractivity contribution in [2.75, 3.05) is 7.11 Å². The molecule has 0 N–H and O–H groups in total. The van der Waals surface area contributed by atoms with E-state index < -0.39 is 5.97 Å². The average Bonchev–Trinajstić information content (AvgIpc) is 2.73. The number of ether oxygens (including phenoxy) is 2. The minimum absolute atomic E-state index is 0.0320. The standard InChI is InChI=1S/C23H21NO3/c1-16-20(13-14-21(25)26-2)27-23(18-11-7-4-8-12-18)19(15-24)22(16)17-9-5-3-6-10-17/h3-14,16,20,22H,1-2H3/b14-13+. The largest absolute Gasteiger partial charge is 0.484 e. The number of rotatable bonds is 4. The van der Waals surface area contributed by atoms with E-state index in [1.54, 1.807) is 6.08 Å². The molecular formula is C23H21NO3. The van der Waals surface area contributed by atoms with Crippen LogP contribution in [0.3, 0.4) is 0 Å². The second-order valence-corrected chi connectivity index (χ2v) is 6.43. The Morgan fingerprint density at radius 3 is 2.33 bits per heavy atom. The second-order valence-electron chi connectivity index (χ2n) is 6.43. The first-order chi connectivity index (χ1) is 13.2. The lowest BCUT2D eigenvalue weighted by Crippen LogP contribution is -2.31. The van der Waals surface area contributed by atoms with Crippen molar-refractivity contribution in [1.82, 2.24) is 0 Å². The molecule has 0 aliphatic carbocycles. The number of methoxy groups -OCH3 is 1. The van der Waals surface area contributed by atoms with Crippen LogP contribution in [0.2, 0.25) is 0 Å². The molecule has 136 valence electrons. The van der Waals surface area contributed by atoms with E-state index in [2.05, 4.69) is 6.07 Å². The number of carbonyl (C=O) groups is 1. The summed E-state index contributed by atoms with van der Waals surface area (Å²) in [6.07, 6.45) is 2.73. The van der Waals surface area contributed by atoms with E-state index in [0.717, 1.165) is 11.1 Å². The topological polar surface area (TPSA) is 59.3 Å². The van der Waals surface area contributed by atoms with Gasteiger partial charge in [-0.15, -0.1) is 0 Å². The first-order valence-corrected chi connectivity index (χ1v) is 8.83. The van der Waals surface area contributed by atoms with Gasteiger partial charge >= 0.3 is 5.97 Å². The van der Waals surface area contributed by atoms with Crippen molar-refractivity contribution >= 4 is 11.7 Å². The van der Waals surface area contributed by atoms with E-state index in [0.29, 0.717) is 11.3 Å². The molecule has 0 spiro atoms. The summed E-state index contributed by atoms with van der Waals surface area (Å²) in [6.45, 7) is 2.03. The molecule has 2 aromatic rings. The Labute approximate surface area is 159 Å². The van der Waals surface area contributed by atoms with Crippen LogP contribution in [-0.4, -0.2) is 19.2 Å². The summed E-state index contributed by atoms with van der Waals surface area (Å²) in [5.41, 5.74) is 2.50. The summed E-state index contributed by atoms with van der Waals surface area (Å²) in [4.78, 5) is 11.6. The zero-order valence-corrected chi connectivity index (χ0v) is 15.3. The van der Waals surface area contributed by atoms with E-state index in [4.69, 9.17) is 9.47 Å². The number of nitriles is 1. The van der Waals surface area contributed by atoms with Crippen molar-refractivity contribution in [1.29, 1.82) is 5.26 Å². The van der Waals surface area contributed by atoms with Gasteiger partial charge in [-0.2, -0.15) is 5.26 Å². The molecule has 0 radical (unpaired) electrons. The monoisotopic (exact) mass is 359 g/mol. The maximum atomic E-state index is 11.6. The molecule has 1 heterocycles. The van der Waals surface area contributed by atoms with Crippen molar-refractivity contribution in [3.8, 4) is 6.07 Å². The number of nitrogens with zero attached hydrogens (tertiary/aromatic N) is 1. The van der Waals surface area contributed by atoms with Crippen molar-refractivity contribution < 1.29 is 14.3 Å². The number of benzene rings is 2. The molecule has 0 aromatic heterocycles. The maximum Gasteiger partial charge on any atom is 0.330 e. The molecular weight excluding hydrogens is 338 g/mol. The fourth-order valence-electron chi connectivity index (χ4n) is 3.42. The van der Waals surface area contributed by atoms with Crippen molar-refractivity contribution in [3.05, 3.63) is 89.5 Å². The van der Waals surface area contributed by atoms with Crippen molar-refractivity contribution in [2.24, 2.45) is 5.92 Å². The molecule has 0 saturated heterocycles. The first kappa shape index (κ1) is 18.5. The fraction of sp³-hybridized carbons (Fsp3) is 0.217. The zero-order chi connectivity index (χ0) is 19.2. The van der Waals surface area contributed by atoms with Gasteiger partial charge < -0.3 is 9.47 Å². The van der Waals surface area contributed by atoms with Gasteiger partial charge in [0.05, 0.1) is 18.8 Å². The summed E-state index contributed by atoms with van der Waals surface area (Å²) in [5, 5.41) is 9.93. The predicted molar refractivity (Wildman–Crippen MR) is 103 cm³/mol. The number of esters is 1. The van der Waals surface area contributed by atoms with E-state index >= 15 is 0 Å². The highest BCUT2D eigenvalue weighted by Gasteiger charge is 2.37. The van der Waals surface area contributed by atoms with Crippen LogP contribution in [0.25, 0.3) is 5.76 Å². The van der Waals surface area contributed by atoms with E-state index in [-0.39, 0.29) is 17.9 Å². The summed E-state index contributed by atoms with van der Waals surface area (Å²) in [5.74, 6) is -0.0363. The van der Waals surface area contributed by atoms with E-state index in [9.17, 15) is 10.1 Å². The highest BCUT2D eigenvalue weighted by molar-refractivity contribution is 5.82. The molecule has 3 atom stereocenters. The molecule has 3 unspecified atom stereocenters. The first-order valence-electron chi connectivity index (χ1n) is 8.83. The van der Waals surface area contributed by atoms with Crippen LogP contribution in [0.5, 0.6) is 0 Å². The average molecular weight is 359 g/mol. The number of carbonyl (C=O) groups excluding carboxylic acids is 1. The van der Waals surface area contributed by atoms with E-state index in [1.807, 2.05) is 67.6 Å². The van der Waals surface area contributed by atoms with Gasteiger partial charge in [-0.1, -0.05) is 67.6 Å². The smallest absolute Gasteiger partial charge is 0.330 e. The normalized spacial score (nSPS) is 22.2. The summed E-state index contributed by atoms with van der Waals surface area (Å²) < 4.78 is 10.9. The Morgan fingerprint density at radius 1 is 1.11 bits per heavy atom. The maximum absolute atomic E-state index is 11.6. The quantitative estimate of drug-likeness (QED) is 0.597. The lowest BCUT2D eigenvalue weighted by molar-refractivity contribution is -0.134. The van der Waals surface area contributed by atoms with Gasteiger partial charge in [-0.25, -0.2) is 4.79 Å². The number of hydrogen-bond acceptors (Lipinski definition) is 4. The third-order valence-electron chi connectivity index (χ3n) is 4.79. The second kappa shape index (κ2) is 8.37. The van der Waals surface area contributed by atoms with Crippen molar-refractivity contribution in [2.45, 2.75) is 18.9 Å². The van der Waals surface area contributed by atoms with Gasteiger partial charge in [0.2, 0.25) is 0 Å². The van der Waals surface area contributed by atoms with Crippen LogP contribution in [0.1, 0.15) is 24.0 Å². The van der Waals surface area contributed by atoms with Gasteiger partial charge in [0.1, 0.15) is 11.9 Å². The molecule has 0 bridgehead atoms. The highest BCUT2D eigenvalue weighted by Crippen LogP contribution is 2.44. The molecule has 4 heteroatoms. The Balaban J connectivity index is 2.12. The highest BCUT2D eigenvalue weighted by atomic mass is 16.5. The van der Waals surface area contributed by atoms with Crippen LogP contribution < -0.4 is 0 Å². The summed E-state index contributed by atoms with van der Waals surface area (Å²) >= 11 is 0. The molecule has 0 fully saturated rings. The van der Waals surface area contributed by atoms with Gasteiger partial charge in [0.15, 0.2) is 0 Å². The molecule has 0 saturated carbocycles. The molecule has 2 aromatic carbocycles. The summed E-state index contributed by atoms with van der Waals surface area (Å²) in [7, 11) is 1.34. The Bertz CT molecular complexity index is 894. The van der Waals surface area contributed by atoms with Gasteiger partial charge in [0.25, 0.3) is 0 Å². The summed E-state index contributed by atoms with van der Waals surface area (Å²) in [6, 6.07) is 21.9. The molecule has 0 amide bonds. The van der Waals surface area contributed by atoms with Crippen molar-refractivity contribution in [3.63, 3.8) is 0 Å². The molecule has 3 rings (SSSR count). The van der Waals surface area contributed by atoms with Crippen LogP contribution in [0.4, 0.5) is 0 Å². The Kier molecular flexibility index (Phi) is 5.73. The van der Waals surface area contributed by atoms with Gasteiger partial charge in [0, 0.05) is 23.5 Å². The lowest BCUT2D eigenvalue weighted by Gasteiger charge is -2.36.